The van der Waals surface area contributed by atoms with Crippen molar-refractivity contribution in [3.63, 3.8) is 0 Å². The lowest BCUT2D eigenvalue weighted by Crippen LogP contribution is -2.40. The molecule has 5 nitrogen and oxygen atoms in total. The molecule has 1 aliphatic heterocycles. The highest BCUT2D eigenvalue weighted by Crippen LogP contribution is 2.31. The molecule has 174 valence electrons. The first-order valence-corrected chi connectivity index (χ1v) is 12.3. The lowest BCUT2D eigenvalue weighted by molar-refractivity contribution is -0.113. The number of hydrogen-bond acceptors (Lipinski definition) is 4. The summed E-state index contributed by atoms with van der Waals surface area (Å²) in [6.45, 7) is 3.83. The zero-order valence-corrected chi connectivity index (χ0v) is 20.7. The van der Waals surface area contributed by atoms with Gasteiger partial charge in [0.15, 0.2) is 4.80 Å². The Kier molecular flexibility index (Phi) is 6.24. The first-order chi connectivity index (χ1) is 16.9. The van der Waals surface area contributed by atoms with E-state index in [1.165, 1.54) is 11.3 Å². The third kappa shape index (κ3) is 4.63. The van der Waals surface area contributed by atoms with Gasteiger partial charge in [0.2, 0.25) is 0 Å². The summed E-state index contributed by atoms with van der Waals surface area (Å²) in [6.07, 6.45) is 1.87. The first kappa shape index (κ1) is 23.0. The number of aromatic nitrogens is 1. The second kappa shape index (κ2) is 9.49. The Balaban J connectivity index is 1.67. The van der Waals surface area contributed by atoms with Crippen LogP contribution in [0.25, 0.3) is 6.08 Å². The number of benzene rings is 3. The number of para-hydroxylation sites is 1. The smallest absolute Gasteiger partial charge is 0.271 e. The molecule has 1 atom stereocenters. The summed E-state index contributed by atoms with van der Waals surface area (Å²) in [5.41, 5.74) is 4.34. The van der Waals surface area contributed by atoms with Crippen LogP contribution in [-0.4, -0.2) is 10.5 Å². The molecule has 1 N–H and O–H groups in total. The Hall–Kier alpha value is -3.74. The second-order valence-electron chi connectivity index (χ2n) is 8.36. The number of hydrogen-bond donors (Lipinski definition) is 1. The zero-order chi connectivity index (χ0) is 24.5. The van der Waals surface area contributed by atoms with Crippen molar-refractivity contribution in [1.82, 2.24) is 4.57 Å². The van der Waals surface area contributed by atoms with Crippen LogP contribution in [0.2, 0.25) is 5.02 Å². The van der Waals surface area contributed by atoms with Crippen molar-refractivity contribution in [3.8, 4) is 0 Å². The summed E-state index contributed by atoms with van der Waals surface area (Å²) in [4.78, 5) is 32.4. The minimum absolute atomic E-state index is 0.188. The number of anilines is 1. The number of carbonyl (C=O) groups is 1. The fourth-order valence-corrected chi connectivity index (χ4v) is 5.28. The van der Waals surface area contributed by atoms with Gasteiger partial charge in [0, 0.05) is 10.7 Å². The highest BCUT2D eigenvalue weighted by atomic mass is 35.5. The minimum Gasteiger partial charge on any atom is -0.322 e. The molecule has 0 radical (unpaired) electrons. The minimum atomic E-state index is -0.632. The van der Waals surface area contributed by atoms with Crippen molar-refractivity contribution < 1.29 is 4.79 Å². The maximum atomic E-state index is 13.7. The van der Waals surface area contributed by atoms with Gasteiger partial charge in [-0.2, -0.15) is 0 Å². The van der Waals surface area contributed by atoms with E-state index in [0.29, 0.717) is 31.3 Å². The monoisotopic (exact) mass is 499 g/mol. The zero-order valence-electron chi connectivity index (χ0n) is 19.2. The number of rotatable bonds is 4. The highest BCUT2D eigenvalue weighted by molar-refractivity contribution is 7.07. The average Bonchev–Trinajstić information content (AvgIpc) is 3.15. The number of thiazole rings is 1. The molecule has 0 spiro atoms. The molecule has 0 saturated carbocycles. The Labute approximate surface area is 211 Å². The van der Waals surface area contributed by atoms with E-state index < -0.39 is 6.04 Å². The van der Waals surface area contributed by atoms with Crippen LogP contribution in [0.1, 0.15) is 29.7 Å². The molecule has 7 heteroatoms. The van der Waals surface area contributed by atoms with Crippen LogP contribution in [0.4, 0.5) is 5.69 Å². The molecule has 0 fully saturated rings. The van der Waals surface area contributed by atoms with Crippen molar-refractivity contribution in [3.05, 3.63) is 132 Å². The fraction of sp³-hybridized carbons (Fsp3) is 0.107. The lowest BCUT2D eigenvalue weighted by atomic mass is 9.95. The van der Waals surface area contributed by atoms with Crippen molar-refractivity contribution in [1.29, 1.82) is 0 Å². The Bertz CT molecular complexity index is 1620. The van der Waals surface area contributed by atoms with Gasteiger partial charge in [-0.25, -0.2) is 4.99 Å². The van der Waals surface area contributed by atoms with Crippen LogP contribution in [0.15, 0.2) is 99.9 Å². The number of fused-ring (bicyclic) bond motifs is 1. The van der Waals surface area contributed by atoms with Gasteiger partial charge >= 0.3 is 0 Å². The third-order valence-electron chi connectivity index (χ3n) is 5.86. The molecule has 1 aromatic heterocycles. The molecule has 5 rings (SSSR count). The van der Waals surface area contributed by atoms with Gasteiger partial charge in [0.05, 0.1) is 21.8 Å². The van der Waals surface area contributed by atoms with E-state index in [9.17, 15) is 9.59 Å². The Morgan fingerprint density at radius 3 is 2.37 bits per heavy atom. The van der Waals surface area contributed by atoms with Gasteiger partial charge in [-0.05, 0) is 55.3 Å². The van der Waals surface area contributed by atoms with Crippen molar-refractivity contribution >= 4 is 40.6 Å². The highest BCUT2D eigenvalue weighted by Gasteiger charge is 2.32. The van der Waals surface area contributed by atoms with Crippen molar-refractivity contribution in [2.45, 2.75) is 19.9 Å². The Morgan fingerprint density at radius 2 is 1.69 bits per heavy atom. The summed E-state index contributed by atoms with van der Waals surface area (Å²) in [5.74, 6) is -0.301. The Morgan fingerprint density at radius 1 is 1.00 bits per heavy atom. The van der Waals surface area contributed by atoms with E-state index in [1.54, 1.807) is 23.6 Å². The number of nitrogens with one attached hydrogen (secondary N) is 1. The molecule has 35 heavy (non-hydrogen) atoms. The first-order valence-electron chi connectivity index (χ1n) is 11.1. The molecule has 1 aliphatic rings. The van der Waals surface area contributed by atoms with Crippen LogP contribution in [0.3, 0.4) is 0 Å². The second-order valence-corrected chi connectivity index (χ2v) is 9.81. The molecule has 0 bridgehead atoms. The number of amides is 1. The maximum Gasteiger partial charge on any atom is 0.271 e. The number of halogens is 1. The topological polar surface area (TPSA) is 63.5 Å². The molecule has 3 aromatic carbocycles. The number of allylic oxidation sites excluding steroid dienone is 1. The standard InChI is InChI=1S/C28H22ClN3O2S/c1-17-8-10-19(11-9-17)16-23-27(34)32-25(20-12-14-21(29)15-13-20)24(18(2)30-28(32)35-23)26(33)31-22-6-4-3-5-7-22/h3-16,25H,1-2H3,(H,31,33)/b23-16-. The summed E-state index contributed by atoms with van der Waals surface area (Å²) >= 11 is 7.46. The van der Waals surface area contributed by atoms with Crippen LogP contribution < -0.4 is 20.2 Å². The summed E-state index contributed by atoms with van der Waals surface area (Å²) < 4.78 is 2.17. The van der Waals surface area contributed by atoms with Gasteiger partial charge in [0.1, 0.15) is 0 Å². The third-order valence-corrected chi connectivity index (χ3v) is 7.09. The quantitative estimate of drug-likeness (QED) is 0.437. The number of carbonyl (C=O) groups excluding carboxylic acids is 1. The normalized spacial score (nSPS) is 15.5. The summed E-state index contributed by atoms with van der Waals surface area (Å²) in [6, 6.07) is 23.8. The van der Waals surface area contributed by atoms with E-state index >= 15 is 0 Å². The molecule has 1 amide bonds. The predicted molar refractivity (Wildman–Crippen MR) is 141 cm³/mol. The van der Waals surface area contributed by atoms with E-state index in [1.807, 2.05) is 79.7 Å². The lowest BCUT2D eigenvalue weighted by Gasteiger charge is -2.25. The van der Waals surface area contributed by atoms with Gasteiger partial charge < -0.3 is 5.32 Å². The fourth-order valence-electron chi connectivity index (χ4n) is 4.11. The van der Waals surface area contributed by atoms with Crippen LogP contribution in [0.5, 0.6) is 0 Å². The molecule has 2 heterocycles. The molecule has 0 aliphatic carbocycles. The molecular formula is C28H22ClN3O2S. The summed E-state index contributed by atoms with van der Waals surface area (Å²) in [5, 5.41) is 3.53. The van der Waals surface area contributed by atoms with E-state index in [2.05, 4.69) is 10.3 Å². The SMILES string of the molecule is CC1=C(C(=O)Nc2ccccc2)C(c2ccc(Cl)cc2)n2c(s/c(=C\c3ccc(C)cc3)c2=O)=N1. The van der Waals surface area contributed by atoms with E-state index in [0.717, 1.165) is 16.7 Å². The van der Waals surface area contributed by atoms with Crippen molar-refractivity contribution in [2.24, 2.45) is 4.99 Å². The van der Waals surface area contributed by atoms with Gasteiger partial charge in [-0.15, -0.1) is 0 Å². The van der Waals surface area contributed by atoms with Crippen molar-refractivity contribution in [2.75, 3.05) is 5.32 Å². The molecule has 0 saturated heterocycles. The maximum absolute atomic E-state index is 13.7. The number of aryl methyl sites for hydroxylation is 1. The number of nitrogens with zero attached hydrogens (tertiary/aromatic N) is 2. The van der Waals surface area contributed by atoms with Crippen LogP contribution in [0, 0.1) is 6.92 Å². The van der Waals surface area contributed by atoms with Crippen LogP contribution in [-0.2, 0) is 4.79 Å². The van der Waals surface area contributed by atoms with E-state index in [-0.39, 0.29) is 11.5 Å². The molecule has 4 aromatic rings. The van der Waals surface area contributed by atoms with Gasteiger partial charge in [-0.1, -0.05) is 83.1 Å². The predicted octanol–water partition coefficient (Wildman–Crippen LogP) is 4.84. The van der Waals surface area contributed by atoms with E-state index in [4.69, 9.17) is 11.6 Å². The largest absolute Gasteiger partial charge is 0.322 e. The van der Waals surface area contributed by atoms with Gasteiger partial charge in [0.25, 0.3) is 11.5 Å². The molecule has 1 unspecified atom stereocenters. The van der Waals surface area contributed by atoms with Crippen LogP contribution >= 0.6 is 22.9 Å². The average molecular weight is 500 g/mol. The van der Waals surface area contributed by atoms with Gasteiger partial charge in [-0.3, -0.25) is 14.2 Å². The molecular weight excluding hydrogens is 478 g/mol. The summed E-state index contributed by atoms with van der Waals surface area (Å²) in [7, 11) is 0.